The van der Waals surface area contributed by atoms with E-state index in [-0.39, 0.29) is 6.61 Å². The minimum Gasteiger partial charge on any atom is -0.726 e. The third-order valence-electron chi connectivity index (χ3n) is 3.75. The van der Waals surface area contributed by atoms with Crippen molar-refractivity contribution in [2.75, 3.05) is 27.4 Å². The maximum Gasteiger partial charge on any atom is 0.301 e. The third kappa shape index (κ3) is 5.73. The predicted molar refractivity (Wildman–Crippen MR) is 111 cm³/mol. The molecule has 0 spiro atoms. The molecule has 1 aromatic heterocycles. The summed E-state index contributed by atoms with van der Waals surface area (Å²) in [5.41, 5.74) is 1.43. The van der Waals surface area contributed by atoms with Crippen LogP contribution in [0.15, 0.2) is 24.3 Å². The summed E-state index contributed by atoms with van der Waals surface area (Å²) in [6.07, 6.45) is 0. The van der Waals surface area contributed by atoms with Crippen LogP contribution >= 0.6 is 23.2 Å². The molecule has 0 aliphatic rings. The Morgan fingerprint density at radius 2 is 1.53 bits per heavy atom. The van der Waals surface area contributed by atoms with Crippen LogP contribution in [0.1, 0.15) is 13.8 Å². The highest BCUT2D eigenvalue weighted by molar-refractivity contribution is 7.80. The Labute approximate surface area is 183 Å². The fourth-order valence-corrected chi connectivity index (χ4v) is 3.36. The van der Waals surface area contributed by atoms with E-state index in [0.29, 0.717) is 33.7 Å². The average Bonchev–Trinajstić information content (AvgIpc) is 2.67. The van der Waals surface area contributed by atoms with Gasteiger partial charge in [0.15, 0.2) is 6.61 Å². The lowest BCUT2D eigenvalue weighted by molar-refractivity contribution is -0.913. The normalized spacial score (nSPS) is 11.2. The van der Waals surface area contributed by atoms with E-state index in [2.05, 4.69) is 9.28 Å². The van der Waals surface area contributed by atoms with Crippen LogP contribution in [0.25, 0.3) is 21.8 Å². The molecule has 164 valence electrons. The van der Waals surface area contributed by atoms with Crippen molar-refractivity contribution >= 4 is 55.4 Å². The fraction of sp³-hybridized carbons (Fsp3) is 0.333. The standard InChI is InChI=1S/C16H15Cl2N2O3.C2H6O4S/c1-4-23-20-14-8-16(22-3)12(18)6-10(14)9-5-11(17)15(21-2)7-13(9)19-20;1-2-6-7(3,4)5/h5-8H,4H2,1-3H3;2H2,1H3,(H,3,4,5)/q+1;/p-1. The number of fused-ring (bicyclic) bond motifs is 3. The largest absolute Gasteiger partial charge is 0.726 e. The highest BCUT2D eigenvalue weighted by Gasteiger charge is 2.21. The summed E-state index contributed by atoms with van der Waals surface area (Å²) >= 11 is 12.5. The Hall–Kier alpha value is -2.11. The maximum atomic E-state index is 9.45. The second-order valence-corrected chi connectivity index (χ2v) is 7.48. The van der Waals surface area contributed by atoms with Gasteiger partial charge in [-0.05, 0) is 26.0 Å². The van der Waals surface area contributed by atoms with Gasteiger partial charge in [-0.2, -0.15) is 0 Å². The van der Waals surface area contributed by atoms with E-state index in [1.54, 1.807) is 26.4 Å². The molecule has 2 aromatic carbocycles. The van der Waals surface area contributed by atoms with E-state index >= 15 is 0 Å². The van der Waals surface area contributed by atoms with Crippen molar-refractivity contribution in [1.29, 1.82) is 0 Å². The number of hydrogen-bond acceptors (Lipinski definition) is 8. The number of halogens is 2. The molecule has 9 nitrogen and oxygen atoms in total. The zero-order chi connectivity index (χ0) is 22.5. The molecule has 0 bridgehead atoms. The number of ether oxygens (including phenoxy) is 2. The van der Waals surface area contributed by atoms with Crippen LogP contribution in [-0.4, -0.2) is 45.5 Å². The van der Waals surface area contributed by atoms with Gasteiger partial charge in [-0.3, -0.25) is 4.18 Å². The smallest absolute Gasteiger partial charge is 0.301 e. The molecular formula is C18H20Cl2N2O7S. The number of nitrogens with zero attached hydrogens (tertiary/aromatic N) is 2. The molecule has 0 aliphatic carbocycles. The van der Waals surface area contributed by atoms with Crippen molar-refractivity contribution in [2.24, 2.45) is 0 Å². The summed E-state index contributed by atoms with van der Waals surface area (Å²) in [6, 6.07) is 7.19. The molecule has 0 amide bonds. The summed E-state index contributed by atoms with van der Waals surface area (Å²) in [6.45, 7) is 3.69. The van der Waals surface area contributed by atoms with E-state index < -0.39 is 10.4 Å². The molecule has 0 radical (unpaired) electrons. The van der Waals surface area contributed by atoms with Gasteiger partial charge in [0.1, 0.15) is 21.9 Å². The first kappa shape index (κ1) is 24.2. The van der Waals surface area contributed by atoms with Crippen LogP contribution in [-0.2, 0) is 14.6 Å². The number of benzene rings is 2. The molecular weight excluding hydrogens is 459 g/mol. The lowest BCUT2D eigenvalue weighted by Gasteiger charge is -2.08. The van der Waals surface area contributed by atoms with Crippen LogP contribution in [0.4, 0.5) is 0 Å². The Balaban J connectivity index is 0.000000396. The van der Waals surface area contributed by atoms with Crippen LogP contribution in [0.3, 0.4) is 0 Å². The monoisotopic (exact) mass is 478 g/mol. The predicted octanol–water partition coefficient (Wildman–Crippen LogP) is 2.93. The number of aromatic nitrogens is 2. The molecule has 0 atom stereocenters. The third-order valence-corrected chi connectivity index (χ3v) is 4.86. The van der Waals surface area contributed by atoms with Crippen molar-refractivity contribution in [3.63, 3.8) is 0 Å². The van der Waals surface area contributed by atoms with Gasteiger partial charge >= 0.3 is 5.52 Å². The van der Waals surface area contributed by atoms with E-state index in [1.807, 2.05) is 19.1 Å². The van der Waals surface area contributed by atoms with Crippen LogP contribution in [0, 0.1) is 0 Å². The van der Waals surface area contributed by atoms with Gasteiger partial charge in [-0.25, -0.2) is 13.3 Å². The Kier molecular flexibility index (Phi) is 8.27. The molecule has 0 unspecified atom stereocenters. The van der Waals surface area contributed by atoms with Crippen molar-refractivity contribution in [3.8, 4) is 11.5 Å². The minimum atomic E-state index is -4.42. The Morgan fingerprint density at radius 1 is 0.967 bits per heavy atom. The lowest BCUT2D eigenvalue weighted by Crippen LogP contribution is -2.46. The quantitative estimate of drug-likeness (QED) is 0.230. The molecule has 3 aromatic rings. The molecule has 1 heterocycles. The summed E-state index contributed by atoms with van der Waals surface area (Å²) in [7, 11) is -1.30. The van der Waals surface area contributed by atoms with E-state index in [4.69, 9.17) is 37.5 Å². The molecule has 12 heteroatoms. The molecule has 0 fully saturated rings. The van der Waals surface area contributed by atoms with Gasteiger partial charge in [0.25, 0.3) is 0 Å². The minimum absolute atomic E-state index is 0.0914. The molecule has 0 aliphatic heterocycles. The maximum absolute atomic E-state index is 9.45. The van der Waals surface area contributed by atoms with Gasteiger partial charge < -0.3 is 14.0 Å². The van der Waals surface area contributed by atoms with E-state index in [0.717, 1.165) is 16.3 Å². The number of rotatable bonds is 6. The molecule has 0 saturated carbocycles. The van der Waals surface area contributed by atoms with Crippen molar-refractivity contribution < 1.29 is 36.3 Å². The molecule has 30 heavy (non-hydrogen) atoms. The first-order chi connectivity index (χ1) is 14.1. The van der Waals surface area contributed by atoms with Crippen LogP contribution < -0.4 is 19.2 Å². The number of methoxy groups -OCH3 is 2. The van der Waals surface area contributed by atoms with Crippen molar-refractivity contribution in [3.05, 3.63) is 34.3 Å². The van der Waals surface area contributed by atoms with Gasteiger partial charge in [-0.15, -0.1) is 0 Å². The summed E-state index contributed by atoms with van der Waals surface area (Å²) in [5.74, 6) is 1.10. The summed E-state index contributed by atoms with van der Waals surface area (Å²) < 4.78 is 42.5. The van der Waals surface area contributed by atoms with Crippen LogP contribution in [0.2, 0.25) is 10.0 Å². The van der Waals surface area contributed by atoms with Gasteiger partial charge in [-0.1, -0.05) is 23.2 Å². The topological polar surface area (TPSA) is 111 Å². The second kappa shape index (κ2) is 10.3. The summed E-state index contributed by atoms with van der Waals surface area (Å²) in [5, 5.41) is 7.22. The highest BCUT2D eigenvalue weighted by Crippen LogP contribution is 2.35. The Bertz CT molecular complexity index is 1160. The van der Waals surface area contributed by atoms with Crippen LogP contribution in [0.5, 0.6) is 11.5 Å². The molecule has 0 saturated heterocycles. The van der Waals surface area contributed by atoms with Gasteiger partial charge in [0, 0.05) is 11.5 Å². The number of hydrogen-bond donors (Lipinski definition) is 0. The van der Waals surface area contributed by atoms with Crippen molar-refractivity contribution in [1.82, 2.24) is 5.10 Å². The highest BCUT2D eigenvalue weighted by atomic mass is 35.5. The SMILES string of the molecule is CCOS(=O)(=O)[O-].CCO[n+]1nc2cc(OC)c(Cl)cc2c2cc(Cl)c(OC)cc21. The average molecular weight is 479 g/mol. The van der Waals surface area contributed by atoms with Crippen molar-refractivity contribution in [2.45, 2.75) is 13.8 Å². The molecule has 0 N–H and O–H groups in total. The zero-order valence-electron chi connectivity index (χ0n) is 16.6. The first-order valence-corrected chi connectivity index (χ1v) is 10.7. The zero-order valence-corrected chi connectivity index (χ0v) is 19.0. The van der Waals surface area contributed by atoms with Gasteiger partial charge in [0.05, 0.1) is 47.4 Å². The van der Waals surface area contributed by atoms with E-state index in [9.17, 15) is 13.0 Å². The molecule has 3 rings (SSSR count). The lowest BCUT2D eigenvalue weighted by atomic mass is 10.1. The second-order valence-electron chi connectivity index (χ2n) is 5.61. The van der Waals surface area contributed by atoms with Gasteiger partial charge in [0.2, 0.25) is 10.4 Å². The fourth-order valence-electron chi connectivity index (χ4n) is 2.59. The summed E-state index contributed by atoms with van der Waals surface area (Å²) in [4.78, 5) is 7.07. The first-order valence-electron chi connectivity index (χ1n) is 8.65. The van der Waals surface area contributed by atoms with E-state index in [1.165, 1.54) is 11.8 Å². The Morgan fingerprint density at radius 3 is 2.00 bits per heavy atom.